The lowest BCUT2D eigenvalue weighted by Crippen LogP contribution is -2.50. The smallest absolute Gasteiger partial charge is 0.257 e. The van der Waals surface area contributed by atoms with Crippen molar-refractivity contribution < 1.29 is 23.5 Å². The number of nitriles is 1. The fourth-order valence-electron chi connectivity index (χ4n) is 3.25. The number of benzene rings is 2. The molecule has 9 heteroatoms. The molecule has 3 rings (SSSR count). The van der Waals surface area contributed by atoms with Gasteiger partial charge in [0.1, 0.15) is 11.9 Å². The number of nitrogens with zero attached hydrogens (tertiary/aromatic N) is 3. The third kappa shape index (κ3) is 5.56. The molecular weight excluding hydrogens is 437 g/mol. The van der Waals surface area contributed by atoms with Crippen LogP contribution in [0.1, 0.15) is 15.9 Å². The van der Waals surface area contributed by atoms with Crippen molar-refractivity contribution in [3.63, 3.8) is 0 Å². The third-order valence-electron chi connectivity index (χ3n) is 4.94. The SMILES string of the molecule is COc1cc(C=CC(=O)N2CCN(C(=O)c3cc(Cl)ccc3F)CC2)ccc1OCC#N. The third-order valence-corrected chi connectivity index (χ3v) is 5.17. The van der Waals surface area contributed by atoms with Crippen molar-refractivity contribution in [2.24, 2.45) is 0 Å². The van der Waals surface area contributed by atoms with Crippen molar-refractivity contribution >= 4 is 29.5 Å². The maximum Gasteiger partial charge on any atom is 0.257 e. The highest BCUT2D eigenvalue weighted by Crippen LogP contribution is 2.28. The zero-order valence-electron chi connectivity index (χ0n) is 17.4. The molecule has 0 bridgehead atoms. The van der Waals surface area contributed by atoms with Crippen LogP contribution in [-0.2, 0) is 4.79 Å². The molecule has 2 aromatic rings. The minimum absolute atomic E-state index is 0.0756. The van der Waals surface area contributed by atoms with Gasteiger partial charge in [0.05, 0.1) is 12.7 Å². The Morgan fingerprint density at radius 3 is 2.53 bits per heavy atom. The van der Waals surface area contributed by atoms with Crippen LogP contribution in [0.3, 0.4) is 0 Å². The van der Waals surface area contributed by atoms with Gasteiger partial charge in [-0.05, 0) is 42.0 Å². The van der Waals surface area contributed by atoms with E-state index in [2.05, 4.69) is 0 Å². The van der Waals surface area contributed by atoms with Gasteiger partial charge in [-0.15, -0.1) is 0 Å². The van der Waals surface area contributed by atoms with Gasteiger partial charge in [0.2, 0.25) is 5.91 Å². The predicted octanol–water partition coefficient (Wildman–Crippen LogP) is 3.39. The highest BCUT2D eigenvalue weighted by atomic mass is 35.5. The van der Waals surface area contributed by atoms with Crippen molar-refractivity contribution in [1.82, 2.24) is 9.80 Å². The first-order valence-corrected chi connectivity index (χ1v) is 10.2. The highest BCUT2D eigenvalue weighted by molar-refractivity contribution is 6.31. The summed E-state index contributed by atoms with van der Waals surface area (Å²) in [5.74, 6) is -0.377. The van der Waals surface area contributed by atoms with Crippen LogP contribution in [0.15, 0.2) is 42.5 Å². The maximum atomic E-state index is 14.0. The van der Waals surface area contributed by atoms with Crippen LogP contribution in [-0.4, -0.2) is 61.5 Å². The second-order valence-electron chi connectivity index (χ2n) is 6.93. The summed E-state index contributed by atoms with van der Waals surface area (Å²) in [6.45, 7) is 1.16. The summed E-state index contributed by atoms with van der Waals surface area (Å²) in [5, 5.41) is 8.92. The molecule has 2 amide bonds. The normalized spacial score (nSPS) is 13.7. The average Bonchev–Trinajstić information content (AvgIpc) is 2.82. The quantitative estimate of drug-likeness (QED) is 0.621. The van der Waals surface area contributed by atoms with E-state index in [1.807, 2.05) is 6.07 Å². The Kier molecular flexibility index (Phi) is 7.68. The molecule has 0 radical (unpaired) electrons. The van der Waals surface area contributed by atoms with E-state index in [4.69, 9.17) is 26.3 Å². The van der Waals surface area contributed by atoms with Crippen LogP contribution in [0, 0.1) is 17.1 Å². The standard InChI is InChI=1S/C23H21ClFN3O4/c1-31-21-14-16(2-6-20(21)32-13-8-26)3-7-22(29)27-9-11-28(12-10-27)23(30)18-15-17(24)4-5-19(18)25/h2-7,14-15H,9-13H2,1H3. The van der Waals surface area contributed by atoms with Crippen molar-refractivity contribution in [1.29, 1.82) is 5.26 Å². The molecule has 2 aromatic carbocycles. The molecule has 0 atom stereocenters. The molecule has 32 heavy (non-hydrogen) atoms. The number of piperazine rings is 1. The van der Waals surface area contributed by atoms with Crippen LogP contribution in [0.2, 0.25) is 5.02 Å². The Hall–Kier alpha value is -3.57. The molecule has 0 aromatic heterocycles. The Morgan fingerprint density at radius 2 is 1.84 bits per heavy atom. The number of methoxy groups -OCH3 is 1. The molecule has 7 nitrogen and oxygen atoms in total. The molecular formula is C23H21ClFN3O4. The Labute approximate surface area is 190 Å². The summed E-state index contributed by atoms with van der Waals surface area (Å²) < 4.78 is 24.5. The zero-order valence-corrected chi connectivity index (χ0v) is 18.1. The van der Waals surface area contributed by atoms with Gasteiger partial charge in [-0.3, -0.25) is 9.59 Å². The number of amides is 2. The topological polar surface area (TPSA) is 82.9 Å². The van der Waals surface area contributed by atoms with Gasteiger partial charge >= 0.3 is 0 Å². The van der Waals surface area contributed by atoms with Crippen molar-refractivity contribution in [3.05, 3.63) is 64.4 Å². The molecule has 0 spiro atoms. The molecule has 0 N–H and O–H groups in total. The van der Waals surface area contributed by atoms with E-state index < -0.39 is 11.7 Å². The summed E-state index contributed by atoms with van der Waals surface area (Å²) in [6, 6.07) is 10.9. The number of hydrogen-bond donors (Lipinski definition) is 0. The summed E-state index contributed by atoms with van der Waals surface area (Å²) in [6.07, 6.45) is 3.09. The lowest BCUT2D eigenvalue weighted by atomic mass is 10.1. The van der Waals surface area contributed by atoms with Gasteiger partial charge in [0, 0.05) is 37.3 Å². The number of ether oxygens (including phenoxy) is 2. The van der Waals surface area contributed by atoms with Crippen LogP contribution in [0.5, 0.6) is 11.5 Å². The van der Waals surface area contributed by atoms with E-state index in [9.17, 15) is 14.0 Å². The highest BCUT2D eigenvalue weighted by Gasteiger charge is 2.25. The van der Waals surface area contributed by atoms with Gasteiger partial charge in [-0.1, -0.05) is 17.7 Å². The van der Waals surface area contributed by atoms with E-state index in [1.54, 1.807) is 29.2 Å². The number of carbonyl (C=O) groups is 2. The summed E-state index contributed by atoms with van der Waals surface area (Å²) in [7, 11) is 1.49. The second-order valence-corrected chi connectivity index (χ2v) is 7.37. The molecule has 1 fully saturated rings. The van der Waals surface area contributed by atoms with Crippen molar-refractivity contribution in [2.45, 2.75) is 0 Å². The molecule has 0 saturated carbocycles. The molecule has 166 valence electrons. The largest absolute Gasteiger partial charge is 0.493 e. The Morgan fingerprint density at radius 1 is 1.12 bits per heavy atom. The summed E-state index contributed by atoms with van der Waals surface area (Å²) in [4.78, 5) is 28.3. The number of rotatable bonds is 6. The fraction of sp³-hybridized carbons (Fsp3) is 0.261. The molecule has 0 unspecified atom stereocenters. The van der Waals surface area contributed by atoms with Crippen molar-refractivity contribution in [2.75, 3.05) is 39.9 Å². The van der Waals surface area contributed by atoms with Gasteiger partial charge < -0.3 is 19.3 Å². The minimum atomic E-state index is -0.625. The number of hydrogen-bond acceptors (Lipinski definition) is 5. The van der Waals surface area contributed by atoms with E-state index in [1.165, 1.54) is 30.2 Å². The minimum Gasteiger partial charge on any atom is -0.493 e. The summed E-state index contributed by atoms with van der Waals surface area (Å²) in [5.41, 5.74) is 0.651. The predicted molar refractivity (Wildman–Crippen MR) is 117 cm³/mol. The molecule has 1 aliphatic heterocycles. The monoisotopic (exact) mass is 457 g/mol. The van der Waals surface area contributed by atoms with E-state index in [-0.39, 0.29) is 23.1 Å². The summed E-state index contributed by atoms with van der Waals surface area (Å²) >= 11 is 5.87. The Bertz CT molecular complexity index is 1080. The average molecular weight is 458 g/mol. The first-order valence-electron chi connectivity index (χ1n) is 9.82. The van der Waals surface area contributed by atoms with E-state index >= 15 is 0 Å². The van der Waals surface area contributed by atoms with E-state index in [0.717, 1.165) is 11.6 Å². The second kappa shape index (κ2) is 10.6. The maximum absolute atomic E-state index is 14.0. The van der Waals surface area contributed by atoms with Gasteiger partial charge in [0.15, 0.2) is 18.1 Å². The van der Waals surface area contributed by atoms with Crippen molar-refractivity contribution in [3.8, 4) is 17.6 Å². The molecule has 1 aliphatic rings. The number of carbonyl (C=O) groups excluding carboxylic acids is 2. The van der Waals surface area contributed by atoms with E-state index in [0.29, 0.717) is 37.7 Å². The Balaban J connectivity index is 1.58. The number of halogens is 2. The molecule has 0 aliphatic carbocycles. The fourth-order valence-corrected chi connectivity index (χ4v) is 3.42. The first kappa shape index (κ1) is 23.1. The molecule has 1 saturated heterocycles. The van der Waals surface area contributed by atoms with Gasteiger partial charge in [-0.25, -0.2) is 4.39 Å². The lowest BCUT2D eigenvalue weighted by molar-refractivity contribution is -0.127. The van der Waals surface area contributed by atoms with Crippen LogP contribution < -0.4 is 9.47 Å². The lowest BCUT2D eigenvalue weighted by Gasteiger charge is -2.34. The zero-order chi connectivity index (χ0) is 23.1. The first-order chi connectivity index (χ1) is 15.4. The van der Waals surface area contributed by atoms with Crippen LogP contribution in [0.25, 0.3) is 6.08 Å². The van der Waals surface area contributed by atoms with Gasteiger partial charge in [-0.2, -0.15) is 5.26 Å². The molecule has 1 heterocycles. The van der Waals surface area contributed by atoms with Crippen LogP contribution >= 0.6 is 11.6 Å². The van der Waals surface area contributed by atoms with Crippen LogP contribution in [0.4, 0.5) is 4.39 Å². The van der Waals surface area contributed by atoms with Gasteiger partial charge in [0.25, 0.3) is 5.91 Å².